The Hall–Kier alpha value is -1.01. The van der Waals surface area contributed by atoms with Crippen LogP contribution in [-0.4, -0.2) is 30.3 Å². The molecule has 0 spiro atoms. The number of hydrogen-bond donors (Lipinski definition) is 1. The van der Waals surface area contributed by atoms with Crippen LogP contribution in [0.5, 0.6) is 0 Å². The van der Waals surface area contributed by atoms with Gasteiger partial charge in [0.1, 0.15) is 0 Å². The highest BCUT2D eigenvalue weighted by molar-refractivity contribution is 9.10. The van der Waals surface area contributed by atoms with Gasteiger partial charge in [0.05, 0.1) is 5.75 Å². The van der Waals surface area contributed by atoms with Crippen LogP contribution in [0.1, 0.15) is 43.7 Å². The zero-order valence-electron chi connectivity index (χ0n) is 16.2. The van der Waals surface area contributed by atoms with Crippen LogP contribution in [0.4, 0.5) is 0 Å². The molecule has 0 heterocycles. The number of carbonyl (C=O) groups excluding carboxylic acids is 2. The van der Waals surface area contributed by atoms with Crippen molar-refractivity contribution in [2.75, 3.05) is 12.4 Å². The van der Waals surface area contributed by atoms with E-state index < -0.39 is 0 Å². The van der Waals surface area contributed by atoms with Gasteiger partial charge in [-0.25, -0.2) is 0 Å². The number of thioether (sulfide) groups is 1. The summed E-state index contributed by atoms with van der Waals surface area (Å²) >= 11 is 4.96. The lowest BCUT2D eigenvalue weighted by Gasteiger charge is -2.28. The fraction of sp³-hybridized carbons (Fsp3) is 0.619. The molecular formula is C21H28BrNO3S. The molecule has 0 aromatic heterocycles. The van der Waals surface area contributed by atoms with E-state index in [4.69, 9.17) is 4.74 Å². The Labute approximate surface area is 174 Å². The first-order valence-electron chi connectivity index (χ1n) is 9.68. The fourth-order valence-electron chi connectivity index (χ4n) is 4.54. The number of fused-ring (bicyclic) bond motifs is 2. The maximum Gasteiger partial charge on any atom is 0.316 e. The van der Waals surface area contributed by atoms with Crippen molar-refractivity contribution in [2.45, 2.75) is 57.4 Å². The first kappa shape index (κ1) is 20.7. The van der Waals surface area contributed by atoms with E-state index in [0.717, 1.165) is 32.3 Å². The molecule has 0 radical (unpaired) electrons. The third-order valence-corrected chi connectivity index (χ3v) is 7.97. The fourth-order valence-corrected chi connectivity index (χ4v) is 5.90. The number of esters is 1. The maximum absolute atomic E-state index is 12.1. The highest BCUT2D eigenvalue weighted by Gasteiger charge is 2.42. The summed E-state index contributed by atoms with van der Waals surface area (Å²) in [6.45, 7) is 5.93. The lowest BCUT2D eigenvalue weighted by atomic mass is 9.84. The Morgan fingerprint density at radius 1 is 1.26 bits per heavy atom. The standard InChI is InChI=1S/C21H28BrNO3S/c1-12-7-19(13(2)6-18(12)22)27-11-21(25)26-10-20(24)23-14(3)17-9-15-4-5-16(17)8-15/h6-7,14-17H,4-5,8-11H2,1-3H3,(H,23,24). The maximum atomic E-state index is 12.1. The molecule has 0 saturated heterocycles. The minimum absolute atomic E-state index is 0.161. The van der Waals surface area contributed by atoms with E-state index >= 15 is 0 Å². The van der Waals surface area contributed by atoms with Gasteiger partial charge in [0.2, 0.25) is 0 Å². The number of amides is 1. The average molecular weight is 454 g/mol. The molecule has 2 fully saturated rings. The summed E-state index contributed by atoms with van der Waals surface area (Å²) in [5.74, 6) is 1.86. The van der Waals surface area contributed by atoms with E-state index in [1.54, 1.807) is 0 Å². The number of carbonyl (C=O) groups is 2. The van der Waals surface area contributed by atoms with Crippen molar-refractivity contribution in [3.63, 3.8) is 0 Å². The van der Waals surface area contributed by atoms with Crippen LogP contribution in [0, 0.1) is 31.6 Å². The van der Waals surface area contributed by atoms with Gasteiger partial charge in [0.15, 0.2) is 6.61 Å². The third-order valence-electron chi connectivity index (χ3n) is 5.99. The van der Waals surface area contributed by atoms with E-state index in [0.29, 0.717) is 5.92 Å². The molecule has 4 nitrogen and oxygen atoms in total. The number of benzene rings is 1. The van der Waals surface area contributed by atoms with E-state index in [1.807, 2.05) is 19.9 Å². The second kappa shape index (κ2) is 8.99. The van der Waals surface area contributed by atoms with Crippen molar-refractivity contribution in [1.82, 2.24) is 5.32 Å². The first-order chi connectivity index (χ1) is 12.8. The lowest BCUT2D eigenvalue weighted by molar-refractivity contribution is -0.146. The van der Waals surface area contributed by atoms with Gasteiger partial charge in [-0.2, -0.15) is 0 Å². The van der Waals surface area contributed by atoms with Gasteiger partial charge in [0.25, 0.3) is 5.91 Å². The second-order valence-corrected chi connectivity index (χ2v) is 9.88. The largest absolute Gasteiger partial charge is 0.455 e. The molecular weight excluding hydrogens is 426 g/mol. The molecule has 2 saturated carbocycles. The molecule has 2 aliphatic carbocycles. The summed E-state index contributed by atoms with van der Waals surface area (Å²) in [4.78, 5) is 25.2. The smallest absolute Gasteiger partial charge is 0.316 e. The van der Waals surface area contributed by atoms with Crippen LogP contribution in [-0.2, 0) is 14.3 Å². The van der Waals surface area contributed by atoms with Gasteiger partial charge in [-0.05, 0) is 81.0 Å². The molecule has 1 N–H and O–H groups in total. The summed E-state index contributed by atoms with van der Waals surface area (Å²) in [5, 5.41) is 3.03. The quantitative estimate of drug-likeness (QED) is 0.482. The van der Waals surface area contributed by atoms with Crippen LogP contribution in [0.2, 0.25) is 0 Å². The predicted molar refractivity (Wildman–Crippen MR) is 112 cm³/mol. The summed E-state index contributed by atoms with van der Waals surface area (Å²) in [7, 11) is 0. The number of nitrogens with one attached hydrogen (secondary N) is 1. The van der Waals surface area contributed by atoms with Crippen molar-refractivity contribution in [1.29, 1.82) is 0 Å². The van der Waals surface area contributed by atoms with Gasteiger partial charge in [0, 0.05) is 15.4 Å². The summed E-state index contributed by atoms with van der Waals surface area (Å²) in [6.07, 6.45) is 5.21. The van der Waals surface area contributed by atoms with E-state index in [9.17, 15) is 9.59 Å². The van der Waals surface area contributed by atoms with Crippen LogP contribution < -0.4 is 5.32 Å². The predicted octanol–water partition coefficient (Wildman–Crippen LogP) is 4.64. The van der Waals surface area contributed by atoms with Crippen molar-refractivity contribution in [3.05, 3.63) is 27.7 Å². The Kier molecular flexibility index (Phi) is 6.90. The summed E-state index contributed by atoms with van der Waals surface area (Å²) < 4.78 is 6.23. The minimum atomic E-state index is -0.359. The van der Waals surface area contributed by atoms with E-state index in [-0.39, 0.29) is 30.3 Å². The number of halogens is 1. The van der Waals surface area contributed by atoms with E-state index in [2.05, 4.69) is 34.2 Å². The molecule has 4 atom stereocenters. The molecule has 3 rings (SSSR count). The Morgan fingerprint density at radius 3 is 2.70 bits per heavy atom. The van der Waals surface area contributed by atoms with Gasteiger partial charge in [-0.3, -0.25) is 9.59 Å². The molecule has 2 bridgehead atoms. The SMILES string of the molecule is Cc1cc(SCC(=O)OCC(=O)NC(C)C2CC3CCC2C3)c(C)cc1Br. The van der Waals surface area contributed by atoms with Gasteiger partial charge in [-0.1, -0.05) is 22.4 Å². The number of aryl methyl sites for hydroxylation is 2. The highest BCUT2D eigenvalue weighted by Crippen LogP contribution is 2.49. The van der Waals surface area contributed by atoms with Crippen LogP contribution in [0.15, 0.2) is 21.5 Å². The van der Waals surface area contributed by atoms with Crippen LogP contribution in [0.3, 0.4) is 0 Å². The Morgan fingerprint density at radius 2 is 2.04 bits per heavy atom. The monoisotopic (exact) mass is 453 g/mol. The normalized spacial score (nSPS) is 24.7. The van der Waals surface area contributed by atoms with Gasteiger partial charge < -0.3 is 10.1 Å². The lowest BCUT2D eigenvalue weighted by Crippen LogP contribution is -2.42. The molecule has 148 valence electrons. The molecule has 6 heteroatoms. The van der Waals surface area contributed by atoms with Crippen molar-refractivity contribution < 1.29 is 14.3 Å². The van der Waals surface area contributed by atoms with Gasteiger partial charge >= 0.3 is 5.97 Å². The highest BCUT2D eigenvalue weighted by atomic mass is 79.9. The van der Waals surface area contributed by atoms with Crippen LogP contribution >= 0.6 is 27.7 Å². The summed E-state index contributed by atoms with van der Waals surface area (Å²) in [5.41, 5.74) is 2.24. The third kappa shape index (κ3) is 5.29. The van der Waals surface area contributed by atoms with Crippen molar-refractivity contribution in [3.8, 4) is 0 Å². The zero-order valence-corrected chi connectivity index (χ0v) is 18.6. The van der Waals surface area contributed by atoms with E-state index in [1.165, 1.54) is 37.4 Å². The second-order valence-electron chi connectivity index (χ2n) is 8.01. The number of hydrogen-bond acceptors (Lipinski definition) is 4. The Balaban J connectivity index is 1.38. The molecule has 27 heavy (non-hydrogen) atoms. The molecule has 4 unspecified atom stereocenters. The average Bonchev–Trinajstić information content (AvgIpc) is 3.25. The zero-order chi connectivity index (χ0) is 19.6. The molecule has 1 amide bonds. The molecule has 2 aliphatic rings. The molecule has 1 aromatic carbocycles. The molecule has 1 aromatic rings. The minimum Gasteiger partial charge on any atom is -0.455 e. The Bertz CT molecular complexity index is 724. The molecule has 0 aliphatic heterocycles. The number of ether oxygens (including phenoxy) is 1. The number of rotatable bonds is 7. The topological polar surface area (TPSA) is 55.4 Å². The van der Waals surface area contributed by atoms with Crippen molar-refractivity contribution >= 4 is 39.6 Å². The van der Waals surface area contributed by atoms with Gasteiger partial charge in [-0.15, -0.1) is 11.8 Å². The van der Waals surface area contributed by atoms with Crippen molar-refractivity contribution in [2.24, 2.45) is 17.8 Å². The first-order valence-corrected chi connectivity index (χ1v) is 11.5. The summed E-state index contributed by atoms with van der Waals surface area (Å²) in [6, 6.07) is 4.27. The van der Waals surface area contributed by atoms with Crippen LogP contribution in [0.25, 0.3) is 0 Å².